The Morgan fingerprint density at radius 3 is 2.17 bits per heavy atom. The van der Waals surface area contributed by atoms with E-state index in [9.17, 15) is 4.79 Å². The molecule has 0 radical (unpaired) electrons. The molecule has 2 N–H and O–H groups in total. The van der Waals surface area contributed by atoms with Crippen molar-refractivity contribution in [2.75, 3.05) is 32.9 Å². The molecule has 0 saturated carbocycles. The van der Waals surface area contributed by atoms with Gasteiger partial charge in [-0.25, -0.2) is 4.42 Å². The largest absolute Gasteiger partial charge is 0.495 e. The van der Waals surface area contributed by atoms with Crippen LogP contribution in [0.2, 0.25) is 0 Å². The molecule has 188 valence electrons. The van der Waals surface area contributed by atoms with Crippen molar-refractivity contribution in [3.63, 3.8) is 0 Å². The number of methoxy groups -OCH3 is 4. The molecule has 1 amide bonds. The van der Waals surface area contributed by atoms with Crippen LogP contribution in [-0.2, 0) is 4.79 Å². The Labute approximate surface area is 214 Å². The molecule has 1 atom stereocenters. The second-order valence-corrected chi connectivity index (χ2v) is 9.30. The highest BCUT2D eigenvalue weighted by Gasteiger charge is 2.24. The minimum atomic E-state index is -0.309. The van der Waals surface area contributed by atoms with Gasteiger partial charge in [-0.15, -0.1) is 0 Å². The summed E-state index contributed by atoms with van der Waals surface area (Å²) in [4.78, 5) is 13.7. The molecule has 0 aliphatic rings. The summed E-state index contributed by atoms with van der Waals surface area (Å²) in [5.41, 5.74) is 9.02. The number of rotatable bonds is 10. The standard InChI is InChI=1S/C25H30ClN3O5S/c1-14(2)18(27)12-23(30)29(26)19-9-15(7-8-20(19)31-3)17-13-28-35-25(17)16-10-21(32-4)24(34-6)22(11-16)33-5/h7-11,13-14,18H,12,27H2,1-6H3. The molecular formula is C25H30ClN3O5S. The molecule has 10 heteroatoms. The van der Waals surface area contributed by atoms with E-state index < -0.39 is 0 Å². The second kappa shape index (κ2) is 11.6. The SMILES string of the molecule is COc1ccc(-c2cnsc2-c2cc(OC)c(OC)c(OC)c2)cc1N(Cl)C(=O)CC(N)C(C)C. The van der Waals surface area contributed by atoms with Crippen LogP contribution in [0.3, 0.4) is 0 Å². The van der Waals surface area contributed by atoms with Crippen LogP contribution in [-0.4, -0.2) is 44.8 Å². The minimum Gasteiger partial charge on any atom is -0.495 e. The first-order valence-electron chi connectivity index (χ1n) is 10.9. The number of carbonyl (C=O) groups is 1. The monoisotopic (exact) mass is 519 g/mol. The molecule has 3 aromatic rings. The summed E-state index contributed by atoms with van der Waals surface area (Å²) in [5.74, 6) is 1.89. The van der Waals surface area contributed by atoms with Crippen molar-refractivity contribution in [3.8, 4) is 44.6 Å². The lowest BCUT2D eigenvalue weighted by molar-refractivity contribution is -0.118. The number of nitrogens with two attached hydrogens (primary N) is 1. The van der Waals surface area contributed by atoms with Gasteiger partial charge in [0.05, 0.1) is 33.3 Å². The van der Waals surface area contributed by atoms with Gasteiger partial charge in [0, 0.05) is 41.6 Å². The fourth-order valence-corrected chi connectivity index (χ4v) is 4.49. The van der Waals surface area contributed by atoms with Crippen molar-refractivity contribution in [1.82, 2.24) is 4.37 Å². The normalized spacial score (nSPS) is 11.8. The van der Waals surface area contributed by atoms with Gasteiger partial charge in [0.25, 0.3) is 0 Å². The smallest absolute Gasteiger partial charge is 0.243 e. The van der Waals surface area contributed by atoms with Gasteiger partial charge in [-0.1, -0.05) is 19.9 Å². The topological polar surface area (TPSA) is 96.1 Å². The van der Waals surface area contributed by atoms with Crippen molar-refractivity contribution < 1.29 is 23.7 Å². The summed E-state index contributed by atoms with van der Waals surface area (Å²) in [6.07, 6.45) is 1.88. The fraction of sp³-hybridized carbons (Fsp3) is 0.360. The average Bonchev–Trinajstić information content (AvgIpc) is 3.36. The zero-order chi connectivity index (χ0) is 25.7. The summed E-state index contributed by atoms with van der Waals surface area (Å²) < 4.78 is 27.4. The number of amides is 1. The number of ether oxygens (including phenoxy) is 4. The van der Waals surface area contributed by atoms with Crippen molar-refractivity contribution in [1.29, 1.82) is 0 Å². The Balaban J connectivity index is 2.05. The molecular weight excluding hydrogens is 490 g/mol. The maximum atomic E-state index is 12.8. The Morgan fingerprint density at radius 2 is 1.63 bits per heavy atom. The molecule has 8 nitrogen and oxygen atoms in total. The van der Waals surface area contributed by atoms with E-state index in [4.69, 9.17) is 36.5 Å². The lowest BCUT2D eigenvalue weighted by Gasteiger charge is -2.21. The highest BCUT2D eigenvalue weighted by molar-refractivity contribution is 7.10. The molecule has 2 aromatic carbocycles. The van der Waals surface area contributed by atoms with Gasteiger partial charge < -0.3 is 24.7 Å². The number of carbonyl (C=O) groups excluding carboxylic acids is 1. The lowest BCUT2D eigenvalue weighted by Crippen LogP contribution is -2.34. The first kappa shape index (κ1) is 26.6. The average molecular weight is 520 g/mol. The minimum absolute atomic E-state index is 0.116. The molecule has 0 bridgehead atoms. The van der Waals surface area contributed by atoms with Gasteiger partial charge in [0.1, 0.15) is 11.4 Å². The van der Waals surface area contributed by atoms with Crippen LogP contribution in [0.5, 0.6) is 23.0 Å². The summed E-state index contributed by atoms with van der Waals surface area (Å²) in [6.45, 7) is 3.93. The molecule has 0 fully saturated rings. The molecule has 0 spiro atoms. The molecule has 1 unspecified atom stereocenters. The van der Waals surface area contributed by atoms with Crippen molar-refractivity contribution in [3.05, 3.63) is 36.5 Å². The van der Waals surface area contributed by atoms with E-state index in [0.717, 1.165) is 26.0 Å². The maximum absolute atomic E-state index is 12.8. The first-order chi connectivity index (χ1) is 16.7. The van der Waals surface area contributed by atoms with E-state index in [1.165, 1.54) is 18.6 Å². The van der Waals surface area contributed by atoms with Gasteiger partial charge >= 0.3 is 0 Å². The van der Waals surface area contributed by atoms with Gasteiger partial charge in [-0.05, 0) is 47.3 Å². The highest BCUT2D eigenvalue weighted by Crippen LogP contribution is 2.45. The zero-order valence-corrected chi connectivity index (χ0v) is 22.2. The summed E-state index contributed by atoms with van der Waals surface area (Å²) >= 11 is 7.81. The van der Waals surface area contributed by atoms with Crippen LogP contribution in [0.1, 0.15) is 20.3 Å². The van der Waals surface area contributed by atoms with Crippen LogP contribution < -0.4 is 29.1 Å². The Kier molecular flexibility index (Phi) is 8.82. The third-order valence-electron chi connectivity index (χ3n) is 5.68. The van der Waals surface area contributed by atoms with E-state index in [0.29, 0.717) is 28.7 Å². The van der Waals surface area contributed by atoms with Gasteiger partial charge in [0.15, 0.2) is 11.5 Å². The van der Waals surface area contributed by atoms with Crippen molar-refractivity contribution in [2.24, 2.45) is 11.7 Å². The summed E-state index contributed by atoms with van der Waals surface area (Å²) in [7, 11) is 6.23. The number of aromatic nitrogens is 1. The Hall–Kier alpha value is -3.01. The summed E-state index contributed by atoms with van der Waals surface area (Å²) in [6, 6.07) is 8.90. The Morgan fingerprint density at radius 1 is 1.00 bits per heavy atom. The van der Waals surface area contributed by atoms with Crippen LogP contribution in [0.15, 0.2) is 36.5 Å². The van der Waals surface area contributed by atoms with Crippen molar-refractivity contribution in [2.45, 2.75) is 26.3 Å². The van der Waals surface area contributed by atoms with E-state index in [1.54, 1.807) is 39.7 Å². The summed E-state index contributed by atoms with van der Waals surface area (Å²) in [5, 5.41) is 0. The van der Waals surface area contributed by atoms with Crippen molar-refractivity contribution >= 4 is 34.9 Å². The number of anilines is 1. The van der Waals surface area contributed by atoms with Crippen LogP contribution in [0, 0.1) is 5.92 Å². The number of hydrogen-bond donors (Lipinski definition) is 1. The van der Waals surface area contributed by atoms with Gasteiger partial charge in [-0.2, -0.15) is 4.37 Å². The predicted molar refractivity (Wildman–Crippen MR) is 140 cm³/mol. The number of benzene rings is 2. The van der Waals surface area contributed by atoms with E-state index >= 15 is 0 Å². The highest BCUT2D eigenvalue weighted by atomic mass is 35.5. The lowest BCUT2D eigenvalue weighted by atomic mass is 10.0. The molecule has 0 saturated heterocycles. The molecule has 0 aliphatic heterocycles. The second-order valence-electron chi connectivity index (χ2n) is 8.16. The fourth-order valence-electron chi connectivity index (χ4n) is 3.53. The van der Waals surface area contributed by atoms with Gasteiger partial charge in [0.2, 0.25) is 11.7 Å². The molecule has 35 heavy (non-hydrogen) atoms. The van der Waals surface area contributed by atoms with Crippen LogP contribution >= 0.6 is 23.3 Å². The molecule has 0 aliphatic carbocycles. The molecule has 1 heterocycles. The van der Waals surface area contributed by atoms with E-state index in [2.05, 4.69) is 4.37 Å². The third-order valence-corrected chi connectivity index (χ3v) is 6.90. The zero-order valence-electron chi connectivity index (χ0n) is 20.6. The Bertz CT molecular complexity index is 1160. The third kappa shape index (κ3) is 5.63. The van der Waals surface area contributed by atoms with E-state index in [-0.39, 0.29) is 24.3 Å². The molecule has 1 aromatic heterocycles. The van der Waals surface area contributed by atoms with Gasteiger partial charge in [-0.3, -0.25) is 4.79 Å². The van der Waals surface area contributed by atoms with Crippen LogP contribution in [0.25, 0.3) is 21.6 Å². The maximum Gasteiger partial charge on any atom is 0.243 e. The first-order valence-corrected chi connectivity index (χ1v) is 12.0. The number of halogens is 1. The number of nitrogens with zero attached hydrogens (tertiary/aromatic N) is 2. The quantitative estimate of drug-likeness (QED) is 0.359. The predicted octanol–water partition coefficient (Wildman–Crippen LogP) is 5.37. The molecule has 3 rings (SSSR count). The number of hydrogen-bond acceptors (Lipinski definition) is 8. The van der Waals surface area contributed by atoms with Crippen LogP contribution in [0.4, 0.5) is 5.69 Å². The van der Waals surface area contributed by atoms with E-state index in [1.807, 2.05) is 32.0 Å².